The van der Waals surface area contributed by atoms with Gasteiger partial charge in [0.15, 0.2) is 0 Å². The molecule has 5 rings (SSSR count). The highest BCUT2D eigenvalue weighted by Gasteiger charge is 2.38. The van der Waals surface area contributed by atoms with Crippen LogP contribution in [0.3, 0.4) is 0 Å². The molecule has 42 heavy (non-hydrogen) atoms. The summed E-state index contributed by atoms with van der Waals surface area (Å²) in [5, 5.41) is 2.98. The molecule has 2 aliphatic heterocycles. The molecule has 2 aliphatic rings. The first-order valence-corrected chi connectivity index (χ1v) is 14.2. The standard InChI is InChI=1S/C33H36N4O5/c1-4-41-32(39)29-28(22-36-18-19-37(23(2)21-36)31(38)24-12-7-5-8-13-24)35(3)33(40)34-30(29)25-14-11-17-27(20-25)42-26-15-9-6-10-16-26/h5-17,20,23,30H,4,18-19,21-22H2,1-3H3,(H,34,40). The highest BCUT2D eigenvalue weighted by molar-refractivity contribution is 5.95. The average Bonchev–Trinajstić information content (AvgIpc) is 3.00. The Morgan fingerprint density at radius 2 is 1.62 bits per heavy atom. The number of likely N-dealkylation sites (N-methyl/N-ethyl adjacent to an activating group) is 1. The van der Waals surface area contributed by atoms with Crippen molar-refractivity contribution < 1.29 is 23.9 Å². The smallest absolute Gasteiger partial charge is 0.338 e. The number of piperazine rings is 1. The van der Waals surface area contributed by atoms with Crippen molar-refractivity contribution in [2.45, 2.75) is 25.9 Å². The Labute approximate surface area is 246 Å². The Morgan fingerprint density at radius 1 is 0.929 bits per heavy atom. The number of nitrogens with zero attached hydrogens (tertiary/aromatic N) is 3. The van der Waals surface area contributed by atoms with Crippen molar-refractivity contribution in [2.75, 3.05) is 39.8 Å². The zero-order valence-electron chi connectivity index (χ0n) is 24.2. The van der Waals surface area contributed by atoms with E-state index in [0.717, 1.165) is 0 Å². The summed E-state index contributed by atoms with van der Waals surface area (Å²) >= 11 is 0. The van der Waals surface area contributed by atoms with Gasteiger partial charge in [-0.2, -0.15) is 0 Å². The van der Waals surface area contributed by atoms with E-state index >= 15 is 0 Å². The van der Waals surface area contributed by atoms with Crippen molar-refractivity contribution in [3.05, 3.63) is 107 Å². The number of urea groups is 1. The molecule has 1 saturated heterocycles. The largest absolute Gasteiger partial charge is 0.463 e. The summed E-state index contributed by atoms with van der Waals surface area (Å²) in [4.78, 5) is 45.3. The molecule has 2 atom stereocenters. The molecule has 1 fully saturated rings. The van der Waals surface area contributed by atoms with Crippen LogP contribution in [0.25, 0.3) is 0 Å². The van der Waals surface area contributed by atoms with Crippen LogP contribution in [0.15, 0.2) is 96.2 Å². The third-order valence-corrected chi connectivity index (χ3v) is 7.61. The molecule has 1 N–H and O–H groups in total. The number of nitrogens with one attached hydrogen (secondary N) is 1. The van der Waals surface area contributed by atoms with Crippen LogP contribution in [0.2, 0.25) is 0 Å². The number of benzene rings is 3. The first-order valence-electron chi connectivity index (χ1n) is 14.2. The number of carbonyl (C=O) groups is 3. The number of rotatable bonds is 8. The minimum Gasteiger partial charge on any atom is -0.463 e. The van der Waals surface area contributed by atoms with Crippen molar-refractivity contribution in [1.29, 1.82) is 0 Å². The zero-order valence-corrected chi connectivity index (χ0v) is 24.2. The van der Waals surface area contributed by atoms with Crippen LogP contribution in [0, 0.1) is 0 Å². The molecule has 9 heteroatoms. The molecule has 0 spiro atoms. The van der Waals surface area contributed by atoms with Gasteiger partial charge in [-0.25, -0.2) is 9.59 Å². The fourth-order valence-corrected chi connectivity index (χ4v) is 5.47. The molecule has 0 bridgehead atoms. The predicted molar refractivity (Wildman–Crippen MR) is 159 cm³/mol. The van der Waals surface area contributed by atoms with E-state index in [9.17, 15) is 14.4 Å². The van der Waals surface area contributed by atoms with Gasteiger partial charge in [0.1, 0.15) is 11.5 Å². The van der Waals surface area contributed by atoms with Gasteiger partial charge in [-0.3, -0.25) is 14.6 Å². The van der Waals surface area contributed by atoms with Gasteiger partial charge >= 0.3 is 12.0 Å². The van der Waals surface area contributed by atoms with Gasteiger partial charge in [0.25, 0.3) is 5.91 Å². The van der Waals surface area contributed by atoms with E-state index in [-0.39, 0.29) is 24.6 Å². The second-order valence-electron chi connectivity index (χ2n) is 10.5. The normalized spacial score (nSPS) is 19.4. The second kappa shape index (κ2) is 12.9. The Morgan fingerprint density at radius 3 is 2.31 bits per heavy atom. The predicted octanol–water partition coefficient (Wildman–Crippen LogP) is 4.84. The van der Waals surface area contributed by atoms with Crippen LogP contribution in [0.1, 0.15) is 35.8 Å². The molecule has 9 nitrogen and oxygen atoms in total. The van der Waals surface area contributed by atoms with Gasteiger partial charge in [0.05, 0.1) is 18.2 Å². The van der Waals surface area contributed by atoms with Crippen molar-refractivity contribution in [3.63, 3.8) is 0 Å². The van der Waals surface area contributed by atoms with E-state index < -0.39 is 12.0 Å². The molecule has 0 saturated carbocycles. The molecular weight excluding hydrogens is 532 g/mol. The fraction of sp³-hybridized carbons (Fsp3) is 0.303. The van der Waals surface area contributed by atoms with E-state index in [2.05, 4.69) is 10.2 Å². The minimum atomic E-state index is -0.722. The molecule has 3 amide bonds. The van der Waals surface area contributed by atoms with E-state index in [0.29, 0.717) is 60.1 Å². The molecule has 0 aliphatic carbocycles. The number of amides is 3. The summed E-state index contributed by atoms with van der Waals surface area (Å²) in [7, 11) is 1.66. The second-order valence-corrected chi connectivity index (χ2v) is 10.5. The van der Waals surface area contributed by atoms with E-state index in [1.54, 1.807) is 14.0 Å². The van der Waals surface area contributed by atoms with Gasteiger partial charge in [-0.1, -0.05) is 48.5 Å². The third-order valence-electron chi connectivity index (χ3n) is 7.61. The maximum absolute atomic E-state index is 13.5. The Hall–Kier alpha value is -4.63. The molecule has 3 aromatic rings. The summed E-state index contributed by atoms with van der Waals surface area (Å²) in [5.41, 5.74) is 2.32. The molecule has 2 heterocycles. The van der Waals surface area contributed by atoms with Gasteiger partial charge < -0.3 is 19.7 Å². The van der Waals surface area contributed by atoms with Crippen molar-refractivity contribution in [1.82, 2.24) is 20.0 Å². The highest BCUT2D eigenvalue weighted by Crippen LogP contribution is 2.34. The van der Waals surface area contributed by atoms with Crippen LogP contribution < -0.4 is 10.1 Å². The van der Waals surface area contributed by atoms with Crippen molar-refractivity contribution in [2.24, 2.45) is 0 Å². The summed E-state index contributed by atoms with van der Waals surface area (Å²) in [6.07, 6.45) is 0. The fourth-order valence-electron chi connectivity index (χ4n) is 5.47. The van der Waals surface area contributed by atoms with E-state index in [1.165, 1.54) is 4.90 Å². The summed E-state index contributed by atoms with van der Waals surface area (Å²) < 4.78 is 11.5. The molecular formula is C33H36N4O5. The van der Waals surface area contributed by atoms with E-state index in [1.807, 2.05) is 96.8 Å². The van der Waals surface area contributed by atoms with Crippen LogP contribution in [0.4, 0.5) is 4.79 Å². The maximum Gasteiger partial charge on any atom is 0.338 e. The lowest BCUT2D eigenvalue weighted by Gasteiger charge is -2.42. The van der Waals surface area contributed by atoms with Gasteiger partial charge in [-0.05, 0) is 55.8 Å². The number of hydrogen-bond acceptors (Lipinski definition) is 6. The number of esters is 1. The monoisotopic (exact) mass is 568 g/mol. The van der Waals surface area contributed by atoms with Gasteiger partial charge in [-0.15, -0.1) is 0 Å². The SMILES string of the molecule is CCOC(=O)C1=C(CN2CCN(C(=O)c3ccccc3)C(C)C2)N(C)C(=O)NC1c1cccc(Oc2ccccc2)c1. The summed E-state index contributed by atoms with van der Waals surface area (Å²) in [6.45, 7) is 6.07. The third kappa shape index (κ3) is 6.31. The molecule has 218 valence electrons. The lowest BCUT2D eigenvalue weighted by molar-refractivity contribution is -0.139. The van der Waals surface area contributed by atoms with Gasteiger partial charge in [0, 0.05) is 50.5 Å². The molecule has 0 aromatic heterocycles. The highest BCUT2D eigenvalue weighted by atomic mass is 16.5. The van der Waals surface area contributed by atoms with Gasteiger partial charge in [0.2, 0.25) is 0 Å². The minimum absolute atomic E-state index is 0.000933. The average molecular weight is 569 g/mol. The summed E-state index contributed by atoms with van der Waals surface area (Å²) in [6, 6.07) is 25.0. The first-order chi connectivity index (χ1) is 20.4. The van der Waals surface area contributed by atoms with Crippen LogP contribution >= 0.6 is 0 Å². The van der Waals surface area contributed by atoms with Crippen LogP contribution in [0.5, 0.6) is 11.5 Å². The Balaban J connectivity index is 1.42. The topological polar surface area (TPSA) is 91.4 Å². The quantitative estimate of drug-likeness (QED) is 0.391. The number of hydrogen-bond donors (Lipinski definition) is 1. The van der Waals surface area contributed by atoms with Crippen LogP contribution in [-0.2, 0) is 9.53 Å². The number of carbonyl (C=O) groups excluding carboxylic acids is 3. The molecule has 0 radical (unpaired) electrons. The summed E-state index contributed by atoms with van der Waals surface area (Å²) in [5.74, 6) is 0.790. The number of para-hydroxylation sites is 1. The number of ether oxygens (including phenoxy) is 2. The maximum atomic E-state index is 13.5. The zero-order chi connectivity index (χ0) is 29.6. The lowest BCUT2D eigenvalue weighted by atomic mass is 9.94. The Kier molecular flexibility index (Phi) is 8.88. The Bertz CT molecular complexity index is 1460. The first kappa shape index (κ1) is 28.9. The van der Waals surface area contributed by atoms with Crippen molar-refractivity contribution in [3.8, 4) is 11.5 Å². The molecule has 3 aromatic carbocycles. The van der Waals surface area contributed by atoms with Crippen molar-refractivity contribution >= 4 is 17.9 Å². The lowest BCUT2D eigenvalue weighted by Crippen LogP contribution is -2.56. The van der Waals surface area contributed by atoms with Crippen LogP contribution in [-0.4, -0.2) is 78.5 Å². The van der Waals surface area contributed by atoms with E-state index in [4.69, 9.17) is 9.47 Å². The molecule has 2 unspecified atom stereocenters.